The minimum absolute atomic E-state index is 0.170. The molecule has 0 atom stereocenters. The fraction of sp³-hybridized carbons (Fsp3) is 0.188. The molecule has 0 saturated heterocycles. The fourth-order valence-corrected chi connectivity index (χ4v) is 1.69. The average Bonchev–Trinajstić information content (AvgIpc) is 2.41. The van der Waals surface area contributed by atoms with Gasteiger partial charge in [0, 0.05) is 11.7 Å². The van der Waals surface area contributed by atoms with Gasteiger partial charge in [-0.1, -0.05) is 18.2 Å². The van der Waals surface area contributed by atoms with Crippen molar-refractivity contribution in [3.63, 3.8) is 0 Å². The molecular weight excluding hydrogens is 250 g/mol. The summed E-state index contributed by atoms with van der Waals surface area (Å²) in [5.41, 5.74) is 6.66. The molecule has 0 aliphatic carbocycles. The summed E-state index contributed by atoms with van der Waals surface area (Å²) in [5, 5.41) is 3.04. The van der Waals surface area contributed by atoms with Crippen LogP contribution in [0.2, 0.25) is 0 Å². The van der Waals surface area contributed by atoms with Crippen LogP contribution in [-0.4, -0.2) is 12.0 Å². The summed E-state index contributed by atoms with van der Waals surface area (Å²) in [6, 6.07) is 17.4. The molecule has 0 bridgehead atoms. The summed E-state index contributed by atoms with van der Waals surface area (Å²) < 4.78 is 5.71. The van der Waals surface area contributed by atoms with Crippen molar-refractivity contribution in [3.05, 3.63) is 54.6 Å². The molecule has 4 heteroatoms. The maximum Gasteiger partial charge on any atom is 0.193 e. The third kappa shape index (κ3) is 4.31. The van der Waals surface area contributed by atoms with Crippen LogP contribution < -0.4 is 15.8 Å². The topological polar surface area (TPSA) is 59.6 Å². The van der Waals surface area contributed by atoms with E-state index in [0.29, 0.717) is 5.96 Å². The van der Waals surface area contributed by atoms with Crippen LogP contribution in [-0.2, 0) is 0 Å². The van der Waals surface area contributed by atoms with Crippen molar-refractivity contribution in [1.29, 1.82) is 0 Å². The van der Waals surface area contributed by atoms with Crippen LogP contribution in [0.15, 0.2) is 59.6 Å². The molecule has 2 rings (SSSR count). The minimum Gasteiger partial charge on any atom is -0.457 e. The summed E-state index contributed by atoms with van der Waals surface area (Å²) in [5.74, 6) is 2.01. The van der Waals surface area contributed by atoms with Crippen molar-refractivity contribution >= 4 is 11.6 Å². The molecule has 4 nitrogen and oxygen atoms in total. The Labute approximate surface area is 119 Å². The number of nitrogens with two attached hydrogens (primary N) is 1. The summed E-state index contributed by atoms with van der Waals surface area (Å²) in [7, 11) is 0. The van der Waals surface area contributed by atoms with Gasteiger partial charge < -0.3 is 15.8 Å². The molecule has 0 aliphatic rings. The van der Waals surface area contributed by atoms with E-state index >= 15 is 0 Å². The number of ether oxygens (including phenoxy) is 1. The Balaban J connectivity index is 2.00. The standard InChI is InChI=1S/C16H19N3O/c1-12(2)18-16(17)19-13-8-10-15(11-9-13)20-14-6-4-3-5-7-14/h3-12H,1-2H3,(H3,17,18,19). The Morgan fingerprint density at radius 2 is 1.60 bits per heavy atom. The number of para-hydroxylation sites is 1. The van der Waals surface area contributed by atoms with E-state index in [2.05, 4.69) is 10.3 Å². The van der Waals surface area contributed by atoms with Crippen molar-refractivity contribution in [3.8, 4) is 11.5 Å². The molecule has 0 fully saturated rings. The zero-order valence-corrected chi connectivity index (χ0v) is 11.7. The molecule has 0 radical (unpaired) electrons. The Bertz CT molecular complexity index is 562. The van der Waals surface area contributed by atoms with Crippen molar-refractivity contribution in [2.45, 2.75) is 19.9 Å². The molecule has 0 unspecified atom stereocenters. The largest absolute Gasteiger partial charge is 0.457 e. The number of hydrogen-bond acceptors (Lipinski definition) is 2. The molecule has 0 heterocycles. The Morgan fingerprint density at radius 1 is 1.00 bits per heavy atom. The van der Waals surface area contributed by atoms with Gasteiger partial charge in [0.1, 0.15) is 11.5 Å². The molecule has 20 heavy (non-hydrogen) atoms. The number of nitrogens with one attached hydrogen (secondary N) is 1. The van der Waals surface area contributed by atoms with E-state index in [1.54, 1.807) is 0 Å². The molecular formula is C16H19N3O. The molecule has 3 N–H and O–H groups in total. The van der Waals surface area contributed by atoms with Crippen LogP contribution in [0.5, 0.6) is 11.5 Å². The zero-order chi connectivity index (χ0) is 14.4. The lowest BCUT2D eigenvalue weighted by Crippen LogP contribution is -2.23. The first-order chi connectivity index (χ1) is 9.63. The highest BCUT2D eigenvalue weighted by Gasteiger charge is 1.99. The molecule has 0 saturated carbocycles. The second-order valence-corrected chi connectivity index (χ2v) is 4.67. The van der Waals surface area contributed by atoms with Gasteiger partial charge >= 0.3 is 0 Å². The summed E-state index contributed by atoms with van der Waals surface area (Å²) in [6.45, 7) is 3.96. The van der Waals surface area contributed by atoms with E-state index in [4.69, 9.17) is 10.5 Å². The average molecular weight is 269 g/mol. The maximum absolute atomic E-state index is 5.78. The number of nitrogens with zero attached hydrogens (tertiary/aromatic N) is 1. The third-order valence-electron chi connectivity index (χ3n) is 2.50. The number of rotatable bonds is 4. The van der Waals surface area contributed by atoms with E-state index in [1.807, 2.05) is 68.4 Å². The van der Waals surface area contributed by atoms with Crippen LogP contribution in [0.1, 0.15) is 13.8 Å². The minimum atomic E-state index is 0.170. The number of benzene rings is 2. The van der Waals surface area contributed by atoms with Crippen LogP contribution in [0.4, 0.5) is 5.69 Å². The SMILES string of the molecule is CC(C)N=C(N)Nc1ccc(Oc2ccccc2)cc1. The second kappa shape index (κ2) is 6.61. The van der Waals surface area contributed by atoms with E-state index in [0.717, 1.165) is 17.2 Å². The number of aliphatic imine (C=N–C) groups is 1. The predicted molar refractivity (Wildman–Crippen MR) is 83.3 cm³/mol. The lowest BCUT2D eigenvalue weighted by atomic mass is 10.3. The van der Waals surface area contributed by atoms with Gasteiger partial charge in [0.15, 0.2) is 5.96 Å². The highest BCUT2D eigenvalue weighted by Crippen LogP contribution is 2.22. The molecule has 2 aromatic rings. The monoisotopic (exact) mass is 269 g/mol. The normalized spacial score (nSPS) is 11.4. The summed E-state index contributed by atoms with van der Waals surface area (Å²) in [6.07, 6.45) is 0. The smallest absolute Gasteiger partial charge is 0.193 e. The van der Waals surface area contributed by atoms with Gasteiger partial charge in [0.05, 0.1) is 0 Å². The summed E-state index contributed by atoms with van der Waals surface area (Å²) >= 11 is 0. The lowest BCUT2D eigenvalue weighted by molar-refractivity contribution is 0.483. The van der Waals surface area contributed by atoms with Crippen LogP contribution >= 0.6 is 0 Å². The van der Waals surface area contributed by atoms with Gasteiger partial charge in [-0.3, -0.25) is 4.99 Å². The highest BCUT2D eigenvalue weighted by molar-refractivity contribution is 5.92. The van der Waals surface area contributed by atoms with Crippen LogP contribution in [0.25, 0.3) is 0 Å². The van der Waals surface area contributed by atoms with Gasteiger partial charge in [-0.15, -0.1) is 0 Å². The Kier molecular flexibility index (Phi) is 4.60. The second-order valence-electron chi connectivity index (χ2n) is 4.67. The van der Waals surface area contributed by atoms with E-state index in [9.17, 15) is 0 Å². The molecule has 0 amide bonds. The Hall–Kier alpha value is -2.49. The fourth-order valence-electron chi connectivity index (χ4n) is 1.69. The molecule has 0 aliphatic heterocycles. The highest BCUT2D eigenvalue weighted by atomic mass is 16.5. The Morgan fingerprint density at radius 3 is 2.20 bits per heavy atom. The van der Waals surface area contributed by atoms with E-state index in [-0.39, 0.29) is 6.04 Å². The lowest BCUT2D eigenvalue weighted by Gasteiger charge is -2.09. The first-order valence-electron chi connectivity index (χ1n) is 6.57. The van der Waals surface area contributed by atoms with E-state index in [1.165, 1.54) is 0 Å². The first-order valence-corrected chi connectivity index (χ1v) is 6.57. The van der Waals surface area contributed by atoms with Crippen molar-refractivity contribution in [2.24, 2.45) is 10.7 Å². The first kappa shape index (κ1) is 13.9. The van der Waals surface area contributed by atoms with Gasteiger partial charge in [0.25, 0.3) is 0 Å². The van der Waals surface area contributed by atoms with Gasteiger partial charge in [-0.25, -0.2) is 0 Å². The van der Waals surface area contributed by atoms with Gasteiger partial charge in [-0.05, 0) is 50.2 Å². The quantitative estimate of drug-likeness (QED) is 0.658. The van der Waals surface area contributed by atoms with Crippen molar-refractivity contribution in [1.82, 2.24) is 0 Å². The molecule has 104 valence electrons. The molecule has 0 aromatic heterocycles. The third-order valence-corrected chi connectivity index (χ3v) is 2.50. The maximum atomic E-state index is 5.78. The van der Waals surface area contributed by atoms with Gasteiger partial charge in [-0.2, -0.15) is 0 Å². The predicted octanol–water partition coefficient (Wildman–Crippen LogP) is 3.61. The molecule has 2 aromatic carbocycles. The number of guanidine groups is 1. The summed E-state index contributed by atoms with van der Waals surface area (Å²) in [4.78, 5) is 4.21. The van der Waals surface area contributed by atoms with Crippen LogP contribution in [0.3, 0.4) is 0 Å². The van der Waals surface area contributed by atoms with Crippen LogP contribution in [0, 0.1) is 0 Å². The number of hydrogen-bond donors (Lipinski definition) is 2. The van der Waals surface area contributed by atoms with Gasteiger partial charge in [0.2, 0.25) is 0 Å². The van der Waals surface area contributed by atoms with Crippen molar-refractivity contribution < 1.29 is 4.74 Å². The zero-order valence-electron chi connectivity index (χ0n) is 11.7. The molecule has 0 spiro atoms. The van der Waals surface area contributed by atoms with E-state index < -0.39 is 0 Å². The number of anilines is 1. The van der Waals surface area contributed by atoms with Crippen molar-refractivity contribution in [2.75, 3.05) is 5.32 Å².